The minimum atomic E-state index is -0.390. The lowest BCUT2D eigenvalue weighted by Gasteiger charge is -2.42. The van der Waals surface area contributed by atoms with Gasteiger partial charge in [0.15, 0.2) is 0 Å². The van der Waals surface area contributed by atoms with Crippen molar-refractivity contribution in [3.8, 4) is 0 Å². The summed E-state index contributed by atoms with van der Waals surface area (Å²) in [6.45, 7) is 8.42. The van der Waals surface area contributed by atoms with Gasteiger partial charge >= 0.3 is 0 Å². The minimum absolute atomic E-state index is 0.186. The van der Waals surface area contributed by atoms with Crippen molar-refractivity contribution in [2.75, 3.05) is 26.8 Å². The van der Waals surface area contributed by atoms with E-state index in [0.29, 0.717) is 6.04 Å². The monoisotopic (exact) mass is 330 g/mol. The van der Waals surface area contributed by atoms with Gasteiger partial charge in [-0.25, -0.2) is 0 Å². The first kappa shape index (κ1) is 17.5. The number of aliphatic hydroxyl groups excluding tert-OH is 1. The Balaban J connectivity index is 2.02. The lowest BCUT2D eigenvalue weighted by molar-refractivity contribution is -0.103. The zero-order valence-electron chi connectivity index (χ0n) is 15.3. The van der Waals surface area contributed by atoms with Gasteiger partial charge in [-0.3, -0.25) is 0 Å². The normalized spacial score (nSPS) is 22.3. The molecule has 1 aliphatic rings. The van der Waals surface area contributed by atoms with E-state index in [-0.39, 0.29) is 12.5 Å². The Kier molecular flexibility index (Phi) is 5.00. The van der Waals surface area contributed by atoms with Crippen molar-refractivity contribution in [3.05, 3.63) is 35.5 Å². The van der Waals surface area contributed by atoms with Gasteiger partial charge in [-0.2, -0.15) is 0 Å². The first-order valence-electron chi connectivity index (χ1n) is 9.02. The predicted molar refractivity (Wildman–Crippen MR) is 98.3 cm³/mol. The van der Waals surface area contributed by atoms with Crippen LogP contribution in [0.5, 0.6) is 0 Å². The molecule has 1 aliphatic heterocycles. The molecule has 0 radical (unpaired) electrons. The highest BCUT2D eigenvalue weighted by atomic mass is 16.5. The van der Waals surface area contributed by atoms with Crippen LogP contribution in [0, 0.1) is 5.92 Å². The van der Waals surface area contributed by atoms with Gasteiger partial charge in [0.2, 0.25) is 0 Å². The molecular weight excluding hydrogens is 300 g/mol. The molecule has 0 fully saturated rings. The third-order valence-electron chi connectivity index (χ3n) is 5.71. The Hall–Kier alpha value is -1.36. The number of aliphatic hydroxyl groups is 1. The summed E-state index contributed by atoms with van der Waals surface area (Å²) in [6.07, 6.45) is 1.68. The molecule has 0 amide bonds. The van der Waals surface area contributed by atoms with Gasteiger partial charge in [-0.15, -0.1) is 0 Å². The van der Waals surface area contributed by atoms with Crippen LogP contribution in [0.25, 0.3) is 10.9 Å². The fraction of sp³-hybridized carbons (Fsp3) is 0.600. The topological polar surface area (TPSA) is 48.5 Å². The second-order valence-electron chi connectivity index (χ2n) is 7.47. The summed E-state index contributed by atoms with van der Waals surface area (Å²) in [5.41, 5.74) is 3.37. The molecule has 2 heterocycles. The van der Waals surface area contributed by atoms with Gasteiger partial charge in [-0.05, 0) is 52.3 Å². The van der Waals surface area contributed by atoms with E-state index in [1.807, 2.05) is 0 Å². The van der Waals surface area contributed by atoms with Crippen molar-refractivity contribution < 1.29 is 9.84 Å². The molecule has 3 rings (SSSR count). The summed E-state index contributed by atoms with van der Waals surface area (Å²) in [5.74, 6) is 0.238. The van der Waals surface area contributed by atoms with Crippen LogP contribution in [0.2, 0.25) is 0 Å². The summed E-state index contributed by atoms with van der Waals surface area (Å²) < 4.78 is 6.35. The zero-order valence-corrected chi connectivity index (χ0v) is 15.3. The molecular formula is C20H30N2O2. The summed E-state index contributed by atoms with van der Waals surface area (Å²) in [7, 11) is 2.15. The van der Waals surface area contributed by atoms with Crippen molar-refractivity contribution in [2.45, 2.75) is 45.3 Å². The number of hydrogen-bond donors (Lipinski definition) is 2. The van der Waals surface area contributed by atoms with Crippen molar-refractivity contribution in [3.63, 3.8) is 0 Å². The maximum Gasteiger partial charge on any atom is 0.109 e. The molecule has 2 atom stereocenters. The smallest absolute Gasteiger partial charge is 0.109 e. The molecule has 0 saturated heterocycles. The quantitative estimate of drug-likeness (QED) is 0.854. The Labute approximate surface area is 144 Å². The van der Waals surface area contributed by atoms with Crippen molar-refractivity contribution >= 4 is 10.9 Å². The number of rotatable bonds is 6. The van der Waals surface area contributed by atoms with Crippen molar-refractivity contribution in [1.29, 1.82) is 0 Å². The van der Waals surface area contributed by atoms with Crippen LogP contribution in [0.4, 0.5) is 0 Å². The number of fused-ring (bicyclic) bond motifs is 3. The number of ether oxygens (including phenoxy) is 1. The maximum absolute atomic E-state index is 9.64. The molecule has 0 aliphatic carbocycles. The Morgan fingerprint density at radius 1 is 1.33 bits per heavy atom. The molecule has 2 unspecified atom stereocenters. The highest BCUT2D eigenvalue weighted by Gasteiger charge is 2.42. The van der Waals surface area contributed by atoms with Gasteiger partial charge in [0, 0.05) is 36.0 Å². The average Bonchev–Trinajstić information content (AvgIpc) is 2.95. The predicted octanol–water partition coefficient (Wildman–Crippen LogP) is 3.29. The van der Waals surface area contributed by atoms with Crippen LogP contribution in [0.1, 0.15) is 38.4 Å². The lowest BCUT2D eigenvalue weighted by atomic mass is 9.79. The van der Waals surface area contributed by atoms with E-state index in [1.165, 1.54) is 22.2 Å². The molecule has 4 heteroatoms. The summed E-state index contributed by atoms with van der Waals surface area (Å²) in [5, 5.41) is 10.9. The van der Waals surface area contributed by atoms with Gasteiger partial charge in [0.1, 0.15) is 5.60 Å². The first-order chi connectivity index (χ1) is 11.5. The number of aromatic nitrogens is 1. The number of aromatic amines is 1. The van der Waals surface area contributed by atoms with Crippen LogP contribution >= 0.6 is 0 Å². The largest absolute Gasteiger partial charge is 0.396 e. The Bertz CT molecular complexity index is 694. The fourth-order valence-electron chi connectivity index (χ4n) is 3.90. The minimum Gasteiger partial charge on any atom is -0.396 e. The third kappa shape index (κ3) is 2.99. The van der Waals surface area contributed by atoms with Crippen molar-refractivity contribution in [1.82, 2.24) is 9.88 Å². The summed E-state index contributed by atoms with van der Waals surface area (Å²) >= 11 is 0. The number of para-hydroxylation sites is 1. The number of H-pyrrole nitrogens is 1. The molecule has 2 aromatic rings. The zero-order chi connectivity index (χ0) is 17.3. The molecule has 1 aromatic heterocycles. The van der Waals surface area contributed by atoms with E-state index in [1.54, 1.807) is 0 Å². The van der Waals surface area contributed by atoms with E-state index in [2.05, 4.69) is 62.0 Å². The molecule has 2 N–H and O–H groups in total. The van der Waals surface area contributed by atoms with Gasteiger partial charge in [0.25, 0.3) is 0 Å². The maximum atomic E-state index is 9.64. The van der Waals surface area contributed by atoms with E-state index >= 15 is 0 Å². The van der Waals surface area contributed by atoms with E-state index in [9.17, 15) is 5.11 Å². The molecule has 0 bridgehead atoms. The Morgan fingerprint density at radius 3 is 2.79 bits per heavy atom. The van der Waals surface area contributed by atoms with Gasteiger partial charge < -0.3 is 19.7 Å². The van der Waals surface area contributed by atoms with E-state index in [4.69, 9.17) is 4.74 Å². The van der Waals surface area contributed by atoms with Gasteiger partial charge in [0.05, 0.1) is 12.3 Å². The molecule has 0 saturated carbocycles. The van der Waals surface area contributed by atoms with Crippen LogP contribution in [0.3, 0.4) is 0 Å². The third-order valence-corrected chi connectivity index (χ3v) is 5.71. The van der Waals surface area contributed by atoms with Gasteiger partial charge in [-0.1, -0.05) is 18.2 Å². The first-order valence-corrected chi connectivity index (χ1v) is 9.02. The molecule has 1 aromatic carbocycles. The van der Waals surface area contributed by atoms with Crippen LogP contribution in [-0.4, -0.2) is 47.8 Å². The van der Waals surface area contributed by atoms with Crippen LogP contribution in [0.15, 0.2) is 24.3 Å². The molecule has 0 spiro atoms. The second kappa shape index (κ2) is 6.87. The Morgan fingerprint density at radius 2 is 2.08 bits per heavy atom. The molecule has 132 valence electrons. The van der Waals surface area contributed by atoms with E-state index < -0.39 is 5.60 Å². The number of nitrogens with zero attached hydrogens (tertiary/aromatic N) is 1. The second-order valence-corrected chi connectivity index (χ2v) is 7.47. The van der Waals surface area contributed by atoms with Crippen LogP contribution in [-0.2, 0) is 16.8 Å². The standard InChI is InChI=1S/C20H30N2O2/c1-14(2)22(4)13-15(9-11-23)20(3)19-17(10-12-24-20)16-7-5-6-8-18(16)21-19/h5-8,14-15,21,23H,9-13H2,1-4H3. The fourth-order valence-corrected chi connectivity index (χ4v) is 3.90. The number of benzene rings is 1. The molecule has 24 heavy (non-hydrogen) atoms. The average molecular weight is 330 g/mol. The number of nitrogens with one attached hydrogen (secondary N) is 1. The lowest BCUT2D eigenvalue weighted by Crippen LogP contribution is -2.46. The highest BCUT2D eigenvalue weighted by molar-refractivity contribution is 5.85. The highest BCUT2D eigenvalue weighted by Crippen LogP contribution is 2.43. The molecule has 4 nitrogen and oxygen atoms in total. The number of hydrogen-bond acceptors (Lipinski definition) is 3. The van der Waals surface area contributed by atoms with Crippen LogP contribution < -0.4 is 0 Å². The summed E-state index contributed by atoms with van der Waals surface area (Å²) in [4.78, 5) is 5.96. The SMILES string of the molecule is CC(C)N(C)CC(CCO)C1(C)OCCc2c1[nH]c1ccccc21. The van der Waals surface area contributed by atoms with Crippen molar-refractivity contribution in [2.24, 2.45) is 5.92 Å². The van der Waals surface area contributed by atoms with E-state index in [0.717, 1.165) is 26.0 Å². The summed E-state index contributed by atoms with van der Waals surface area (Å²) in [6, 6.07) is 8.97.